The van der Waals surface area contributed by atoms with E-state index in [-0.39, 0.29) is 5.79 Å². The van der Waals surface area contributed by atoms with Crippen molar-refractivity contribution >= 4 is 0 Å². The standard InChI is InChI=1S/C9H18O2/c1-5-7-8(6-2)11-9(3,4)10-7/h7-8H,5-6H2,1-4H3/t7-,8-/m0/s1. The first-order chi connectivity index (χ1) is 5.09. The lowest BCUT2D eigenvalue weighted by Crippen LogP contribution is -2.21. The van der Waals surface area contributed by atoms with Crippen molar-refractivity contribution in [3.8, 4) is 0 Å². The largest absolute Gasteiger partial charge is 0.345 e. The van der Waals surface area contributed by atoms with Gasteiger partial charge in [-0.05, 0) is 26.7 Å². The molecule has 2 heteroatoms. The van der Waals surface area contributed by atoms with Crippen molar-refractivity contribution in [1.29, 1.82) is 0 Å². The topological polar surface area (TPSA) is 18.5 Å². The third-order valence-corrected chi connectivity index (χ3v) is 2.09. The summed E-state index contributed by atoms with van der Waals surface area (Å²) in [5.41, 5.74) is 0. The second-order valence-electron chi connectivity index (χ2n) is 3.53. The summed E-state index contributed by atoms with van der Waals surface area (Å²) in [4.78, 5) is 0. The molecule has 1 fully saturated rings. The fourth-order valence-corrected chi connectivity index (χ4v) is 1.60. The van der Waals surface area contributed by atoms with E-state index in [9.17, 15) is 0 Å². The van der Waals surface area contributed by atoms with Gasteiger partial charge in [0, 0.05) is 0 Å². The van der Waals surface area contributed by atoms with E-state index in [0.717, 1.165) is 12.8 Å². The Morgan fingerprint density at radius 2 is 1.36 bits per heavy atom. The van der Waals surface area contributed by atoms with Gasteiger partial charge >= 0.3 is 0 Å². The fraction of sp³-hybridized carbons (Fsp3) is 1.00. The van der Waals surface area contributed by atoms with Crippen LogP contribution >= 0.6 is 0 Å². The van der Waals surface area contributed by atoms with Crippen molar-refractivity contribution in [3.05, 3.63) is 0 Å². The van der Waals surface area contributed by atoms with Gasteiger partial charge in [0.1, 0.15) is 0 Å². The molecule has 0 radical (unpaired) electrons. The Hall–Kier alpha value is -0.0800. The van der Waals surface area contributed by atoms with Crippen LogP contribution in [-0.2, 0) is 9.47 Å². The lowest BCUT2D eigenvalue weighted by atomic mass is 10.1. The van der Waals surface area contributed by atoms with Crippen LogP contribution < -0.4 is 0 Å². The summed E-state index contributed by atoms with van der Waals surface area (Å²) >= 11 is 0. The summed E-state index contributed by atoms with van der Waals surface area (Å²) < 4.78 is 11.4. The molecule has 0 bridgehead atoms. The maximum atomic E-state index is 5.68. The van der Waals surface area contributed by atoms with Crippen molar-refractivity contribution in [1.82, 2.24) is 0 Å². The number of rotatable bonds is 2. The lowest BCUT2D eigenvalue weighted by molar-refractivity contribution is -0.146. The van der Waals surface area contributed by atoms with E-state index in [2.05, 4.69) is 13.8 Å². The molecule has 1 aliphatic heterocycles. The van der Waals surface area contributed by atoms with E-state index >= 15 is 0 Å². The Labute approximate surface area is 68.9 Å². The first kappa shape index (κ1) is 9.01. The molecule has 1 heterocycles. The Bertz CT molecular complexity index is 118. The van der Waals surface area contributed by atoms with Gasteiger partial charge in [0.2, 0.25) is 0 Å². The number of ether oxygens (including phenoxy) is 2. The van der Waals surface area contributed by atoms with Crippen LogP contribution in [0.1, 0.15) is 40.5 Å². The predicted molar refractivity (Wildman–Crippen MR) is 44.4 cm³/mol. The lowest BCUT2D eigenvalue weighted by Gasteiger charge is -2.16. The minimum atomic E-state index is -0.360. The zero-order valence-corrected chi connectivity index (χ0v) is 7.89. The highest BCUT2D eigenvalue weighted by Gasteiger charge is 2.38. The van der Waals surface area contributed by atoms with Gasteiger partial charge in [-0.2, -0.15) is 0 Å². The number of hydrogen-bond acceptors (Lipinski definition) is 2. The third kappa shape index (κ3) is 1.94. The Morgan fingerprint density at radius 3 is 1.64 bits per heavy atom. The molecular formula is C9H18O2. The van der Waals surface area contributed by atoms with Crippen LogP contribution in [0.15, 0.2) is 0 Å². The molecule has 0 spiro atoms. The number of hydrogen-bond donors (Lipinski definition) is 0. The molecule has 1 aliphatic rings. The highest BCUT2D eigenvalue weighted by Crippen LogP contribution is 2.30. The highest BCUT2D eigenvalue weighted by molar-refractivity contribution is 4.79. The van der Waals surface area contributed by atoms with Crippen molar-refractivity contribution < 1.29 is 9.47 Å². The van der Waals surface area contributed by atoms with E-state index in [1.54, 1.807) is 0 Å². The maximum absolute atomic E-state index is 5.68. The minimum Gasteiger partial charge on any atom is -0.345 e. The highest BCUT2D eigenvalue weighted by atomic mass is 16.7. The van der Waals surface area contributed by atoms with E-state index in [1.165, 1.54) is 0 Å². The Balaban J connectivity index is 2.55. The van der Waals surface area contributed by atoms with Crippen LogP contribution in [0.3, 0.4) is 0 Å². The molecule has 2 nitrogen and oxygen atoms in total. The van der Waals surface area contributed by atoms with E-state index in [1.807, 2.05) is 13.8 Å². The molecule has 1 saturated heterocycles. The average Bonchev–Trinajstić information content (AvgIpc) is 2.25. The van der Waals surface area contributed by atoms with Crippen LogP contribution in [-0.4, -0.2) is 18.0 Å². The molecule has 0 aliphatic carbocycles. The smallest absolute Gasteiger partial charge is 0.163 e. The van der Waals surface area contributed by atoms with Crippen molar-refractivity contribution in [2.24, 2.45) is 0 Å². The summed E-state index contributed by atoms with van der Waals surface area (Å²) in [6, 6.07) is 0. The fourth-order valence-electron chi connectivity index (χ4n) is 1.60. The van der Waals surface area contributed by atoms with Crippen LogP contribution in [0.25, 0.3) is 0 Å². The minimum absolute atomic E-state index is 0.301. The van der Waals surface area contributed by atoms with Crippen LogP contribution in [0.5, 0.6) is 0 Å². The molecule has 2 atom stereocenters. The quantitative estimate of drug-likeness (QED) is 0.614. The molecule has 0 N–H and O–H groups in total. The maximum Gasteiger partial charge on any atom is 0.163 e. The van der Waals surface area contributed by atoms with E-state index in [0.29, 0.717) is 12.2 Å². The van der Waals surface area contributed by atoms with Gasteiger partial charge < -0.3 is 9.47 Å². The Kier molecular flexibility index (Phi) is 2.55. The third-order valence-electron chi connectivity index (χ3n) is 2.09. The summed E-state index contributed by atoms with van der Waals surface area (Å²) in [5, 5.41) is 0. The first-order valence-corrected chi connectivity index (χ1v) is 4.44. The van der Waals surface area contributed by atoms with E-state index < -0.39 is 0 Å². The van der Waals surface area contributed by atoms with Gasteiger partial charge in [0.25, 0.3) is 0 Å². The second-order valence-corrected chi connectivity index (χ2v) is 3.53. The molecule has 1 rings (SSSR count). The van der Waals surface area contributed by atoms with Gasteiger partial charge in [-0.25, -0.2) is 0 Å². The molecule has 0 aromatic rings. The summed E-state index contributed by atoms with van der Waals surface area (Å²) in [6.45, 7) is 8.23. The summed E-state index contributed by atoms with van der Waals surface area (Å²) in [6.07, 6.45) is 2.69. The van der Waals surface area contributed by atoms with Crippen molar-refractivity contribution in [2.75, 3.05) is 0 Å². The Morgan fingerprint density at radius 1 is 1.00 bits per heavy atom. The van der Waals surface area contributed by atoms with Crippen LogP contribution in [0.2, 0.25) is 0 Å². The van der Waals surface area contributed by atoms with E-state index in [4.69, 9.17) is 9.47 Å². The molecule has 0 aromatic heterocycles. The van der Waals surface area contributed by atoms with Gasteiger partial charge in [-0.3, -0.25) is 0 Å². The normalized spacial score (nSPS) is 36.0. The molecule has 0 saturated carbocycles. The van der Waals surface area contributed by atoms with Crippen molar-refractivity contribution in [3.63, 3.8) is 0 Å². The van der Waals surface area contributed by atoms with Gasteiger partial charge in [0.05, 0.1) is 12.2 Å². The summed E-state index contributed by atoms with van der Waals surface area (Å²) in [7, 11) is 0. The average molecular weight is 158 g/mol. The van der Waals surface area contributed by atoms with Crippen LogP contribution in [0.4, 0.5) is 0 Å². The van der Waals surface area contributed by atoms with Gasteiger partial charge in [-0.1, -0.05) is 13.8 Å². The molecule has 0 amide bonds. The molecule has 0 unspecified atom stereocenters. The summed E-state index contributed by atoms with van der Waals surface area (Å²) in [5.74, 6) is -0.360. The monoisotopic (exact) mass is 158 g/mol. The zero-order valence-electron chi connectivity index (χ0n) is 7.89. The van der Waals surface area contributed by atoms with Gasteiger partial charge in [-0.15, -0.1) is 0 Å². The SMILES string of the molecule is CC[C@@H]1OC(C)(C)O[C@H]1CC. The van der Waals surface area contributed by atoms with Gasteiger partial charge in [0.15, 0.2) is 5.79 Å². The predicted octanol–water partition coefficient (Wildman–Crippen LogP) is 2.33. The molecular weight excluding hydrogens is 140 g/mol. The molecule has 11 heavy (non-hydrogen) atoms. The van der Waals surface area contributed by atoms with Crippen molar-refractivity contribution in [2.45, 2.75) is 58.5 Å². The zero-order chi connectivity index (χ0) is 8.48. The molecule has 0 aromatic carbocycles. The van der Waals surface area contributed by atoms with Crippen LogP contribution in [0, 0.1) is 0 Å². The second kappa shape index (κ2) is 3.11. The molecule has 66 valence electrons. The first-order valence-electron chi connectivity index (χ1n) is 4.44.